The maximum absolute atomic E-state index is 15.3. The van der Waals surface area contributed by atoms with E-state index < -0.39 is 53.0 Å². The first-order chi connectivity index (χ1) is 19.0. The van der Waals surface area contributed by atoms with E-state index in [4.69, 9.17) is 14.2 Å². The summed E-state index contributed by atoms with van der Waals surface area (Å²) in [4.78, 5) is 67.1. The molecule has 1 aromatic heterocycles. The molecule has 2 N–H and O–H groups in total. The molecule has 0 spiro atoms. The Balaban J connectivity index is 1.76. The average molecular weight is 564 g/mol. The highest BCUT2D eigenvalue weighted by Gasteiger charge is 2.33. The number of carboxylic acids is 1. The van der Waals surface area contributed by atoms with Gasteiger partial charge in [-0.25, -0.2) is 18.8 Å². The number of aromatic nitrogens is 1. The molecule has 12 nitrogen and oxygen atoms in total. The van der Waals surface area contributed by atoms with E-state index in [-0.39, 0.29) is 43.9 Å². The number of unbranched alkanes of at least 4 members (excludes halogenated alkanes) is 1. The molecule has 13 heteroatoms. The topological polar surface area (TPSA) is 156 Å². The SMILES string of the molecule is CCCCOC(=O)C(OC(=O)C(C)C)OC(=O)N1CCN(c2c(F)cc3c(=O)c(C(=O)O)c[nH]c3c2CC)CC1. The molecule has 40 heavy (non-hydrogen) atoms. The predicted molar refractivity (Wildman–Crippen MR) is 142 cm³/mol. The van der Waals surface area contributed by atoms with Crippen LogP contribution in [0.4, 0.5) is 14.9 Å². The lowest BCUT2D eigenvalue weighted by molar-refractivity contribution is -0.194. The summed E-state index contributed by atoms with van der Waals surface area (Å²) >= 11 is 0. The zero-order valence-electron chi connectivity index (χ0n) is 23.0. The summed E-state index contributed by atoms with van der Waals surface area (Å²) in [5.41, 5.74) is -0.192. The van der Waals surface area contributed by atoms with Gasteiger partial charge >= 0.3 is 30.3 Å². The second kappa shape index (κ2) is 13.3. The van der Waals surface area contributed by atoms with Crippen molar-refractivity contribution in [1.82, 2.24) is 9.88 Å². The minimum absolute atomic E-state index is 0.0620. The smallest absolute Gasteiger partial charge is 0.413 e. The first kappa shape index (κ1) is 30.4. The number of carbonyl (C=O) groups is 4. The molecule has 1 saturated heterocycles. The number of ether oxygens (including phenoxy) is 3. The van der Waals surface area contributed by atoms with Crippen molar-refractivity contribution in [3.8, 4) is 0 Å². The molecule has 0 radical (unpaired) electrons. The number of nitrogens with zero attached hydrogens (tertiary/aromatic N) is 2. The molecule has 1 atom stereocenters. The largest absolute Gasteiger partial charge is 0.477 e. The van der Waals surface area contributed by atoms with Crippen molar-refractivity contribution in [1.29, 1.82) is 0 Å². The van der Waals surface area contributed by atoms with Gasteiger partial charge in [0.15, 0.2) is 0 Å². The number of aromatic amines is 1. The molecule has 2 heterocycles. The Morgan fingerprint density at radius 3 is 2.33 bits per heavy atom. The number of esters is 2. The first-order valence-corrected chi connectivity index (χ1v) is 13.2. The second-order valence-electron chi connectivity index (χ2n) is 9.60. The molecule has 218 valence electrons. The third-order valence-electron chi connectivity index (χ3n) is 6.48. The molecule has 1 unspecified atom stereocenters. The van der Waals surface area contributed by atoms with Crippen LogP contribution in [0, 0.1) is 11.7 Å². The Morgan fingerprint density at radius 1 is 1.07 bits per heavy atom. The third-order valence-corrected chi connectivity index (χ3v) is 6.48. The van der Waals surface area contributed by atoms with Gasteiger partial charge in [-0.1, -0.05) is 34.1 Å². The molecule has 2 aromatic rings. The third kappa shape index (κ3) is 6.69. The number of carboxylic acid groups (broad SMARTS) is 1. The normalized spacial score (nSPS) is 14.2. The van der Waals surface area contributed by atoms with Gasteiger partial charge < -0.3 is 34.1 Å². The molecule has 1 fully saturated rings. The highest BCUT2D eigenvalue weighted by Crippen LogP contribution is 2.31. The van der Waals surface area contributed by atoms with E-state index in [9.17, 15) is 29.1 Å². The van der Waals surface area contributed by atoms with Gasteiger partial charge in [0.1, 0.15) is 11.4 Å². The van der Waals surface area contributed by atoms with Crippen LogP contribution in [-0.4, -0.2) is 78.1 Å². The number of halogens is 1. The van der Waals surface area contributed by atoms with Crippen LogP contribution in [0.1, 0.15) is 56.5 Å². The van der Waals surface area contributed by atoms with Crippen molar-refractivity contribution in [3.63, 3.8) is 0 Å². The van der Waals surface area contributed by atoms with E-state index in [1.165, 1.54) is 4.90 Å². The fraction of sp³-hybridized carbons (Fsp3) is 0.519. The van der Waals surface area contributed by atoms with Crippen LogP contribution in [-0.2, 0) is 30.2 Å². The lowest BCUT2D eigenvalue weighted by Gasteiger charge is -2.37. The van der Waals surface area contributed by atoms with E-state index in [1.807, 2.05) is 6.92 Å². The fourth-order valence-electron chi connectivity index (χ4n) is 4.26. The number of aromatic carboxylic acids is 1. The quantitative estimate of drug-likeness (QED) is 0.250. The standard InChI is InChI=1S/C27H34FN3O9/c1-5-7-12-38-25(36)26(39-24(35)15(3)4)40-27(37)31-10-8-30(9-11-31)21-16(6-2)20-17(13-19(21)28)22(32)18(14-29-20)23(33)34/h13-15,26H,5-12H2,1-4H3,(H,29,32)(H,33,34). The summed E-state index contributed by atoms with van der Waals surface area (Å²) in [7, 11) is 0. The Kier molecular flexibility index (Phi) is 10.1. The maximum atomic E-state index is 15.3. The molecule has 3 rings (SSSR count). The highest BCUT2D eigenvalue weighted by molar-refractivity contribution is 5.94. The minimum atomic E-state index is -1.85. The van der Waals surface area contributed by atoms with Crippen molar-refractivity contribution in [2.24, 2.45) is 5.92 Å². The van der Waals surface area contributed by atoms with Crippen LogP contribution >= 0.6 is 0 Å². The van der Waals surface area contributed by atoms with Gasteiger partial charge in [-0.05, 0) is 18.9 Å². The summed E-state index contributed by atoms with van der Waals surface area (Å²) in [5, 5.41) is 9.17. The number of amides is 1. The van der Waals surface area contributed by atoms with E-state index in [0.717, 1.165) is 18.7 Å². The summed E-state index contributed by atoms with van der Waals surface area (Å²) in [6, 6.07) is 1.02. The molecular formula is C27H34FN3O9. The van der Waals surface area contributed by atoms with Crippen molar-refractivity contribution >= 4 is 40.6 Å². The molecule has 1 aliphatic heterocycles. The van der Waals surface area contributed by atoms with Gasteiger partial charge in [-0.3, -0.25) is 9.59 Å². The first-order valence-electron chi connectivity index (χ1n) is 13.2. The number of pyridine rings is 1. The van der Waals surface area contributed by atoms with Crippen LogP contribution in [0.5, 0.6) is 0 Å². The van der Waals surface area contributed by atoms with Gasteiger partial charge in [0.25, 0.3) is 0 Å². The van der Waals surface area contributed by atoms with Crippen LogP contribution in [0.25, 0.3) is 10.9 Å². The molecule has 0 saturated carbocycles. The van der Waals surface area contributed by atoms with Crippen molar-refractivity contribution in [2.75, 3.05) is 37.7 Å². The molecule has 0 aliphatic carbocycles. The number of H-pyrrole nitrogens is 1. The fourth-order valence-corrected chi connectivity index (χ4v) is 4.26. The number of aryl methyl sites for hydroxylation is 1. The maximum Gasteiger partial charge on any atom is 0.413 e. The molecular weight excluding hydrogens is 529 g/mol. The lowest BCUT2D eigenvalue weighted by Crippen LogP contribution is -2.51. The molecule has 0 bridgehead atoms. The average Bonchev–Trinajstić information content (AvgIpc) is 2.92. The highest BCUT2D eigenvalue weighted by atomic mass is 19.1. The van der Waals surface area contributed by atoms with Crippen LogP contribution in [0.15, 0.2) is 17.1 Å². The van der Waals surface area contributed by atoms with Crippen LogP contribution in [0.2, 0.25) is 0 Å². The molecule has 1 aromatic carbocycles. The number of nitrogens with one attached hydrogen (secondary N) is 1. The zero-order valence-corrected chi connectivity index (χ0v) is 23.0. The van der Waals surface area contributed by atoms with Crippen molar-refractivity contribution < 1.29 is 42.9 Å². The number of rotatable bonds is 10. The number of hydrogen-bond donors (Lipinski definition) is 2. The summed E-state index contributed by atoms with van der Waals surface area (Å²) in [6.45, 7) is 7.51. The predicted octanol–water partition coefficient (Wildman–Crippen LogP) is 3.06. The molecule has 1 aliphatic rings. The lowest BCUT2D eigenvalue weighted by atomic mass is 10.0. The monoisotopic (exact) mass is 563 g/mol. The number of fused-ring (bicyclic) bond motifs is 1. The van der Waals surface area contributed by atoms with Gasteiger partial charge in [-0.15, -0.1) is 0 Å². The number of carbonyl (C=O) groups excluding carboxylic acids is 3. The van der Waals surface area contributed by atoms with Crippen molar-refractivity contribution in [2.45, 2.75) is 53.2 Å². The zero-order chi connectivity index (χ0) is 29.6. The summed E-state index contributed by atoms with van der Waals surface area (Å²) < 4.78 is 30.7. The van der Waals surface area contributed by atoms with Crippen LogP contribution in [0.3, 0.4) is 0 Å². The Hall–Kier alpha value is -4.16. The number of hydrogen-bond acceptors (Lipinski definition) is 9. The van der Waals surface area contributed by atoms with Gasteiger partial charge in [0.05, 0.1) is 23.7 Å². The summed E-state index contributed by atoms with van der Waals surface area (Å²) in [6.07, 6.45) is 0.0505. The molecule has 1 amide bonds. The Bertz CT molecular complexity index is 1330. The summed E-state index contributed by atoms with van der Waals surface area (Å²) in [5.74, 6) is -4.39. The van der Waals surface area contributed by atoms with E-state index in [1.54, 1.807) is 25.7 Å². The van der Waals surface area contributed by atoms with E-state index in [2.05, 4.69) is 4.98 Å². The van der Waals surface area contributed by atoms with Crippen LogP contribution < -0.4 is 10.3 Å². The van der Waals surface area contributed by atoms with Gasteiger partial charge in [0.2, 0.25) is 5.43 Å². The second-order valence-corrected chi connectivity index (χ2v) is 9.60. The Morgan fingerprint density at radius 2 is 1.75 bits per heavy atom. The number of benzene rings is 1. The Labute approximate surface area is 230 Å². The van der Waals surface area contributed by atoms with Gasteiger partial charge in [0, 0.05) is 43.3 Å². The number of anilines is 1. The van der Waals surface area contributed by atoms with Crippen molar-refractivity contribution in [3.05, 3.63) is 39.4 Å². The van der Waals surface area contributed by atoms with E-state index in [0.29, 0.717) is 23.9 Å². The number of piperazine rings is 1. The minimum Gasteiger partial charge on any atom is -0.477 e. The van der Waals surface area contributed by atoms with E-state index >= 15 is 4.39 Å². The van der Waals surface area contributed by atoms with Gasteiger partial charge in [-0.2, -0.15) is 0 Å².